The first-order valence-electron chi connectivity index (χ1n) is 5.52. The summed E-state index contributed by atoms with van der Waals surface area (Å²) in [5, 5.41) is 17.3. The van der Waals surface area contributed by atoms with Crippen molar-refractivity contribution in [1.82, 2.24) is 4.98 Å². The zero-order valence-corrected chi connectivity index (χ0v) is 12.1. The first kappa shape index (κ1) is 15.4. The molecule has 19 heavy (non-hydrogen) atoms. The first-order valence-corrected chi connectivity index (χ1v) is 6.40. The summed E-state index contributed by atoms with van der Waals surface area (Å²) >= 11 is 1.20. The van der Waals surface area contributed by atoms with Crippen LogP contribution in [-0.2, 0) is 9.57 Å². The van der Waals surface area contributed by atoms with Crippen molar-refractivity contribution in [3.05, 3.63) is 11.1 Å². The highest BCUT2D eigenvalue weighted by Gasteiger charge is 2.17. The molecule has 8 heteroatoms. The van der Waals surface area contributed by atoms with Gasteiger partial charge in [0.15, 0.2) is 5.13 Å². The Balaban J connectivity index is 2.70. The molecule has 0 saturated carbocycles. The lowest BCUT2D eigenvalue weighted by Gasteiger charge is -2.18. The summed E-state index contributed by atoms with van der Waals surface area (Å²) < 4.78 is 5.10. The van der Waals surface area contributed by atoms with E-state index >= 15 is 0 Å². The minimum absolute atomic E-state index is 0.288. The number of aliphatic hydroxyl groups is 1. The second-order valence-corrected chi connectivity index (χ2v) is 5.40. The fraction of sp³-hybridized carbons (Fsp3) is 0.545. The van der Waals surface area contributed by atoms with E-state index in [-0.39, 0.29) is 12.3 Å². The van der Waals surface area contributed by atoms with Crippen LogP contribution in [0.15, 0.2) is 10.5 Å². The zero-order chi connectivity index (χ0) is 14.5. The Morgan fingerprint density at radius 3 is 2.79 bits per heavy atom. The number of hydrogen-bond acceptors (Lipinski definition) is 7. The molecule has 0 saturated heterocycles. The van der Waals surface area contributed by atoms with Crippen molar-refractivity contribution in [2.24, 2.45) is 5.16 Å². The summed E-state index contributed by atoms with van der Waals surface area (Å²) in [5.41, 5.74) is 0.161. The standard InChI is InChI=1S/C11H17N3O4S/c1-11(2,3)18-10(16)13-9-12-8(6-19-9)7(5-15)14-17-4/h6,15H,5H2,1-4H3,(H,12,13,16). The molecule has 2 N–H and O–H groups in total. The molecule has 1 amide bonds. The van der Waals surface area contributed by atoms with Crippen LogP contribution < -0.4 is 5.32 Å². The van der Waals surface area contributed by atoms with Crippen molar-refractivity contribution < 1.29 is 19.5 Å². The Morgan fingerprint density at radius 2 is 2.26 bits per heavy atom. The molecule has 0 fully saturated rings. The van der Waals surface area contributed by atoms with Crippen molar-refractivity contribution in [2.75, 3.05) is 19.0 Å². The number of aromatic nitrogens is 1. The van der Waals surface area contributed by atoms with Crippen LogP contribution in [-0.4, -0.2) is 41.2 Å². The molecule has 1 heterocycles. The van der Waals surface area contributed by atoms with Gasteiger partial charge in [0.1, 0.15) is 24.1 Å². The van der Waals surface area contributed by atoms with Crippen LogP contribution in [0.5, 0.6) is 0 Å². The van der Waals surface area contributed by atoms with E-state index in [0.717, 1.165) is 0 Å². The minimum atomic E-state index is -0.581. The number of hydrogen-bond donors (Lipinski definition) is 2. The number of thiazole rings is 1. The number of carbonyl (C=O) groups excluding carboxylic acids is 1. The fourth-order valence-electron chi connectivity index (χ4n) is 1.12. The molecular formula is C11H17N3O4S. The van der Waals surface area contributed by atoms with Gasteiger partial charge in [0.2, 0.25) is 0 Å². The first-order chi connectivity index (χ1) is 8.85. The van der Waals surface area contributed by atoms with Gasteiger partial charge in [0.25, 0.3) is 0 Å². The molecule has 0 radical (unpaired) electrons. The topological polar surface area (TPSA) is 93.0 Å². The zero-order valence-electron chi connectivity index (χ0n) is 11.3. The number of amides is 1. The Kier molecular flexibility index (Phi) is 5.25. The van der Waals surface area contributed by atoms with Gasteiger partial charge in [-0.05, 0) is 20.8 Å². The number of nitrogens with one attached hydrogen (secondary N) is 1. The van der Waals surface area contributed by atoms with E-state index in [1.807, 2.05) is 0 Å². The Hall–Kier alpha value is -1.67. The van der Waals surface area contributed by atoms with Gasteiger partial charge < -0.3 is 14.7 Å². The summed E-state index contributed by atoms with van der Waals surface area (Å²) in [4.78, 5) is 20.2. The molecule has 0 aliphatic carbocycles. The van der Waals surface area contributed by atoms with Crippen LogP contribution in [0, 0.1) is 0 Å². The molecule has 0 aliphatic rings. The normalized spacial score (nSPS) is 12.2. The van der Waals surface area contributed by atoms with E-state index < -0.39 is 11.7 Å². The van der Waals surface area contributed by atoms with Gasteiger partial charge in [-0.3, -0.25) is 5.32 Å². The summed E-state index contributed by atoms with van der Waals surface area (Å²) in [5.74, 6) is 0. The van der Waals surface area contributed by atoms with Crippen LogP contribution in [0.4, 0.5) is 9.93 Å². The molecule has 106 valence electrons. The third-order valence-corrected chi connectivity index (χ3v) is 2.52. The highest BCUT2D eigenvalue weighted by Crippen LogP contribution is 2.17. The summed E-state index contributed by atoms with van der Waals surface area (Å²) in [6.45, 7) is 5.02. The second kappa shape index (κ2) is 6.48. The second-order valence-electron chi connectivity index (χ2n) is 4.54. The number of carbonyl (C=O) groups is 1. The molecule has 1 rings (SSSR count). The van der Waals surface area contributed by atoms with E-state index in [2.05, 4.69) is 20.3 Å². The van der Waals surface area contributed by atoms with E-state index in [1.165, 1.54) is 18.4 Å². The smallest absolute Gasteiger partial charge is 0.413 e. The molecule has 1 aromatic heterocycles. The maximum Gasteiger partial charge on any atom is 0.413 e. The average Bonchev–Trinajstić information content (AvgIpc) is 2.71. The van der Waals surface area contributed by atoms with Gasteiger partial charge in [0, 0.05) is 5.38 Å². The van der Waals surface area contributed by atoms with Crippen LogP contribution >= 0.6 is 11.3 Å². The number of oxime groups is 1. The largest absolute Gasteiger partial charge is 0.444 e. The third-order valence-electron chi connectivity index (χ3n) is 1.76. The molecule has 0 aromatic carbocycles. The molecule has 0 bridgehead atoms. The highest BCUT2D eigenvalue weighted by molar-refractivity contribution is 7.14. The number of ether oxygens (including phenoxy) is 1. The summed E-state index contributed by atoms with van der Waals surface area (Å²) in [6, 6.07) is 0. The van der Waals surface area contributed by atoms with Crippen molar-refractivity contribution in [3.63, 3.8) is 0 Å². The third kappa shape index (κ3) is 5.23. The highest BCUT2D eigenvalue weighted by atomic mass is 32.1. The van der Waals surface area contributed by atoms with Crippen LogP contribution in [0.2, 0.25) is 0 Å². The lowest BCUT2D eigenvalue weighted by atomic mass is 10.2. The number of rotatable bonds is 4. The lowest BCUT2D eigenvalue weighted by Crippen LogP contribution is -2.27. The molecule has 0 atom stereocenters. The predicted molar refractivity (Wildman–Crippen MR) is 72.6 cm³/mol. The van der Waals surface area contributed by atoms with Gasteiger partial charge in [-0.1, -0.05) is 5.16 Å². The van der Waals surface area contributed by atoms with E-state index in [4.69, 9.17) is 9.84 Å². The lowest BCUT2D eigenvalue weighted by molar-refractivity contribution is 0.0636. The average molecular weight is 287 g/mol. The summed E-state index contributed by atoms with van der Waals surface area (Å²) in [6.07, 6.45) is -0.581. The van der Waals surface area contributed by atoms with Gasteiger partial charge in [-0.15, -0.1) is 11.3 Å². The quantitative estimate of drug-likeness (QED) is 0.651. The van der Waals surface area contributed by atoms with E-state index in [1.54, 1.807) is 26.2 Å². The van der Waals surface area contributed by atoms with Gasteiger partial charge in [-0.25, -0.2) is 9.78 Å². The van der Waals surface area contributed by atoms with Crippen molar-refractivity contribution in [1.29, 1.82) is 0 Å². The molecule has 0 spiro atoms. The number of nitrogens with zero attached hydrogens (tertiary/aromatic N) is 2. The molecular weight excluding hydrogens is 270 g/mol. The number of anilines is 1. The fourth-order valence-corrected chi connectivity index (χ4v) is 1.83. The number of aliphatic hydroxyl groups excluding tert-OH is 1. The maximum atomic E-state index is 11.5. The SMILES string of the molecule is CON=C(CO)c1csc(NC(=O)OC(C)(C)C)n1. The van der Waals surface area contributed by atoms with E-state index in [9.17, 15) is 4.79 Å². The molecule has 1 aromatic rings. The molecule has 7 nitrogen and oxygen atoms in total. The van der Waals surface area contributed by atoms with Gasteiger partial charge >= 0.3 is 6.09 Å². The van der Waals surface area contributed by atoms with Crippen LogP contribution in [0.25, 0.3) is 0 Å². The van der Waals surface area contributed by atoms with E-state index in [0.29, 0.717) is 10.8 Å². The minimum Gasteiger partial charge on any atom is -0.444 e. The summed E-state index contributed by atoms with van der Waals surface area (Å²) in [7, 11) is 1.38. The monoisotopic (exact) mass is 287 g/mol. The molecule has 0 aliphatic heterocycles. The van der Waals surface area contributed by atoms with Crippen LogP contribution in [0.3, 0.4) is 0 Å². The molecule has 0 unspecified atom stereocenters. The van der Waals surface area contributed by atoms with Crippen LogP contribution in [0.1, 0.15) is 26.5 Å². The van der Waals surface area contributed by atoms with Crippen molar-refractivity contribution in [3.8, 4) is 0 Å². The van der Waals surface area contributed by atoms with Crippen molar-refractivity contribution >= 4 is 28.3 Å². The maximum absolute atomic E-state index is 11.5. The van der Waals surface area contributed by atoms with Crippen molar-refractivity contribution in [2.45, 2.75) is 26.4 Å². The Morgan fingerprint density at radius 1 is 1.58 bits per heavy atom. The Labute approximate surface area is 115 Å². The predicted octanol–water partition coefficient (Wildman–Crippen LogP) is 1.83. The van der Waals surface area contributed by atoms with Gasteiger partial charge in [0.05, 0.1) is 6.61 Å². The Bertz CT molecular complexity index is 465. The van der Waals surface area contributed by atoms with Gasteiger partial charge in [-0.2, -0.15) is 0 Å².